The van der Waals surface area contributed by atoms with Crippen LogP contribution in [0.3, 0.4) is 0 Å². The zero-order chi connectivity index (χ0) is 19.9. The van der Waals surface area contributed by atoms with Gasteiger partial charge in [-0.3, -0.25) is 4.90 Å². The Bertz CT molecular complexity index is 500. The average molecular weight is 390 g/mol. The number of para-hydroxylation sites is 1. The molecule has 2 N–H and O–H groups in total. The van der Waals surface area contributed by atoms with Crippen LogP contribution in [-0.4, -0.2) is 55.7 Å². The Balaban J connectivity index is 1.63. The van der Waals surface area contributed by atoms with E-state index in [1.54, 1.807) is 0 Å². The number of hydrogen-bond acceptors (Lipinski definition) is 4. The molecule has 0 saturated carbocycles. The Morgan fingerprint density at radius 3 is 2.18 bits per heavy atom. The fraction of sp³-hybridized carbons (Fsp3) is 0.750. The van der Waals surface area contributed by atoms with Crippen LogP contribution in [0.1, 0.15) is 70.3 Å². The van der Waals surface area contributed by atoms with Gasteiger partial charge in [-0.15, -0.1) is 0 Å². The molecule has 1 saturated heterocycles. The maximum Gasteiger partial charge on any atom is 0.123 e. The molecule has 0 aliphatic carbocycles. The number of ether oxygens (including phenoxy) is 1. The standard InChI is InChI=1S/C24H43N3O/c1-2-3-4-5-6-7-8-11-21-28-24-14-10-9-13-23(24)22-27-19-17-26(18-20-27)16-12-15-25/h9-10,13-14H,2-8,11-12,15-22,25H2,1H3. The number of unbranched alkanes of at least 4 members (excludes halogenated alkanes) is 7. The highest BCUT2D eigenvalue weighted by Crippen LogP contribution is 2.21. The highest BCUT2D eigenvalue weighted by Gasteiger charge is 2.17. The summed E-state index contributed by atoms with van der Waals surface area (Å²) in [5.41, 5.74) is 6.96. The molecule has 0 spiro atoms. The Morgan fingerprint density at radius 2 is 1.46 bits per heavy atom. The third kappa shape index (κ3) is 9.40. The fourth-order valence-corrected chi connectivity index (χ4v) is 3.92. The topological polar surface area (TPSA) is 41.7 Å². The summed E-state index contributed by atoms with van der Waals surface area (Å²) < 4.78 is 6.15. The Hall–Kier alpha value is -1.10. The molecule has 0 unspecified atom stereocenters. The van der Waals surface area contributed by atoms with Gasteiger partial charge < -0.3 is 15.4 Å². The average Bonchev–Trinajstić information content (AvgIpc) is 2.73. The van der Waals surface area contributed by atoms with Gasteiger partial charge in [0.25, 0.3) is 0 Å². The largest absolute Gasteiger partial charge is 0.493 e. The zero-order valence-corrected chi connectivity index (χ0v) is 18.2. The molecule has 1 aliphatic rings. The van der Waals surface area contributed by atoms with E-state index in [1.807, 2.05) is 0 Å². The quantitative estimate of drug-likeness (QED) is 0.443. The van der Waals surface area contributed by atoms with Crippen molar-refractivity contribution < 1.29 is 4.74 Å². The van der Waals surface area contributed by atoms with Gasteiger partial charge in [0.15, 0.2) is 0 Å². The number of benzene rings is 1. The molecule has 1 aromatic carbocycles. The Kier molecular flexibility index (Phi) is 12.3. The molecular formula is C24H43N3O. The molecule has 0 aromatic heterocycles. The zero-order valence-electron chi connectivity index (χ0n) is 18.2. The van der Waals surface area contributed by atoms with Crippen molar-refractivity contribution in [3.05, 3.63) is 29.8 Å². The third-order valence-electron chi connectivity index (χ3n) is 5.77. The van der Waals surface area contributed by atoms with Crippen LogP contribution in [0.2, 0.25) is 0 Å². The molecule has 1 aliphatic heterocycles. The lowest BCUT2D eigenvalue weighted by Gasteiger charge is -2.34. The maximum atomic E-state index is 6.15. The van der Waals surface area contributed by atoms with Crippen molar-refractivity contribution in [3.63, 3.8) is 0 Å². The second-order valence-corrected chi connectivity index (χ2v) is 8.19. The van der Waals surface area contributed by atoms with Crippen molar-refractivity contribution in [2.24, 2.45) is 5.73 Å². The van der Waals surface area contributed by atoms with Crippen molar-refractivity contribution in [2.75, 3.05) is 45.9 Å². The van der Waals surface area contributed by atoms with E-state index in [9.17, 15) is 0 Å². The van der Waals surface area contributed by atoms with Crippen LogP contribution in [-0.2, 0) is 6.54 Å². The molecule has 28 heavy (non-hydrogen) atoms. The first-order valence-corrected chi connectivity index (χ1v) is 11.7. The van der Waals surface area contributed by atoms with Gasteiger partial charge in [-0.05, 0) is 32.0 Å². The van der Waals surface area contributed by atoms with Crippen molar-refractivity contribution in [1.82, 2.24) is 9.80 Å². The SMILES string of the molecule is CCCCCCCCCCOc1ccccc1CN1CCN(CCCN)CC1. The predicted molar refractivity (Wildman–Crippen MR) is 120 cm³/mol. The molecule has 0 atom stereocenters. The first-order chi connectivity index (χ1) is 13.8. The summed E-state index contributed by atoms with van der Waals surface area (Å²) in [5.74, 6) is 1.08. The van der Waals surface area contributed by atoms with E-state index in [2.05, 4.69) is 41.0 Å². The molecule has 4 heteroatoms. The molecular weight excluding hydrogens is 346 g/mol. The van der Waals surface area contributed by atoms with E-state index in [0.717, 1.165) is 64.6 Å². The molecule has 1 aromatic rings. The monoisotopic (exact) mass is 389 g/mol. The van der Waals surface area contributed by atoms with Crippen LogP contribution in [0.15, 0.2) is 24.3 Å². The Labute approximate surface area is 173 Å². The molecule has 160 valence electrons. The minimum atomic E-state index is 0.795. The van der Waals surface area contributed by atoms with Gasteiger partial charge >= 0.3 is 0 Å². The lowest BCUT2D eigenvalue weighted by atomic mass is 10.1. The highest BCUT2D eigenvalue weighted by molar-refractivity contribution is 5.33. The van der Waals surface area contributed by atoms with Crippen LogP contribution >= 0.6 is 0 Å². The summed E-state index contributed by atoms with van der Waals surface area (Å²) in [7, 11) is 0. The number of nitrogens with two attached hydrogens (primary N) is 1. The van der Waals surface area contributed by atoms with Crippen LogP contribution in [0.5, 0.6) is 5.75 Å². The number of hydrogen-bond donors (Lipinski definition) is 1. The lowest BCUT2D eigenvalue weighted by molar-refractivity contribution is 0.125. The van der Waals surface area contributed by atoms with Crippen molar-refractivity contribution >= 4 is 0 Å². The highest BCUT2D eigenvalue weighted by atomic mass is 16.5. The van der Waals surface area contributed by atoms with Crippen molar-refractivity contribution in [1.29, 1.82) is 0 Å². The van der Waals surface area contributed by atoms with E-state index in [0.29, 0.717) is 0 Å². The van der Waals surface area contributed by atoms with Crippen LogP contribution in [0.25, 0.3) is 0 Å². The summed E-state index contributed by atoms with van der Waals surface area (Å²) in [5, 5.41) is 0. The van der Waals surface area contributed by atoms with E-state index in [4.69, 9.17) is 10.5 Å². The first kappa shape index (κ1) is 23.2. The van der Waals surface area contributed by atoms with E-state index in [-0.39, 0.29) is 0 Å². The van der Waals surface area contributed by atoms with Gasteiger partial charge in [0, 0.05) is 38.3 Å². The van der Waals surface area contributed by atoms with E-state index in [1.165, 1.54) is 56.9 Å². The second-order valence-electron chi connectivity index (χ2n) is 8.19. The van der Waals surface area contributed by atoms with Crippen LogP contribution in [0, 0.1) is 0 Å². The van der Waals surface area contributed by atoms with Crippen LogP contribution in [0.4, 0.5) is 0 Å². The summed E-state index contributed by atoms with van der Waals surface area (Å²) in [6.45, 7) is 10.6. The summed E-state index contributed by atoms with van der Waals surface area (Å²) in [6, 6.07) is 8.59. The smallest absolute Gasteiger partial charge is 0.123 e. The van der Waals surface area contributed by atoms with Gasteiger partial charge in [0.05, 0.1) is 6.61 Å². The lowest BCUT2D eigenvalue weighted by Crippen LogP contribution is -2.46. The Morgan fingerprint density at radius 1 is 0.821 bits per heavy atom. The van der Waals surface area contributed by atoms with Gasteiger partial charge in [0.1, 0.15) is 5.75 Å². The second kappa shape index (κ2) is 14.8. The van der Waals surface area contributed by atoms with E-state index >= 15 is 0 Å². The van der Waals surface area contributed by atoms with Gasteiger partial charge in [-0.1, -0.05) is 70.1 Å². The summed E-state index contributed by atoms with van der Waals surface area (Å²) in [4.78, 5) is 5.09. The molecule has 1 heterocycles. The van der Waals surface area contributed by atoms with Crippen molar-refractivity contribution in [2.45, 2.75) is 71.3 Å². The summed E-state index contributed by atoms with van der Waals surface area (Å²) in [6.07, 6.45) is 11.8. The molecule has 0 amide bonds. The first-order valence-electron chi connectivity index (χ1n) is 11.7. The van der Waals surface area contributed by atoms with Crippen LogP contribution < -0.4 is 10.5 Å². The maximum absolute atomic E-state index is 6.15. The predicted octanol–water partition coefficient (Wildman–Crippen LogP) is 4.67. The van der Waals surface area contributed by atoms with E-state index < -0.39 is 0 Å². The van der Waals surface area contributed by atoms with Gasteiger partial charge in [-0.2, -0.15) is 0 Å². The molecule has 0 bridgehead atoms. The molecule has 2 rings (SSSR count). The summed E-state index contributed by atoms with van der Waals surface area (Å²) >= 11 is 0. The minimum absolute atomic E-state index is 0.795. The number of nitrogens with zero attached hydrogens (tertiary/aromatic N) is 2. The minimum Gasteiger partial charge on any atom is -0.493 e. The molecule has 0 radical (unpaired) electrons. The normalized spacial score (nSPS) is 15.8. The fourth-order valence-electron chi connectivity index (χ4n) is 3.92. The number of piperazine rings is 1. The number of rotatable bonds is 15. The third-order valence-corrected chi connectivity index (χ3v) is 5.77. The van der Waals surface area contributed by atoms with Gasteiger partial charge in [-0.25, -0.2) is 0 Å². The molecule has 4 nitrogen and oxygen atoms in total. The van der Waals surface area contributed by atoms with Gasteiger partial charge in [0.2, 0.25) is 0 Å². The van der Waals surface area contributed by atoms with Crippen molar-refractivity contribution in [3.8, 4) is 5.75 Å². The molecule has 1 fully saturated rings.